The van der Waals surface area contributed by atoms with Crippen LogP contribution < -0.4 is 0 Å². The number of thiazole rings is 1. The highest BCUT2D eigenvalue weighted by Crippen LogP contribution is 2.25. The number of halogens is 1. The molecule has 1 heterocycles. The summed E-state index contributed by atoms with van der Waals surface area (Å²) >= 11 is 7.40. The fourth-order valence-corrected chi connectivity index (χ4v) is 2.79. The Morgan fingerprint density at radius 1 is 1.25 bits per heavy atom. The van der Waals surface area contributed by atoms with E-state index in [-0.39, 0.29) is 0 Å². The molecular weight excluding hydrogens is 294 g/mol. The second kappa shape index (κ2) is 8.37. The number of hydrogen-bond donors (Lipinski definition) is 0. The van der Waals surface area contributed by atoms with Crippen LogP contribution in [0.2, 0.25) is 0 Å². The highest BCUT2D eigenvalue weighted by Gasteiger charge is 2.05. The summed E-state index contributed by atoms with van der Waals surface area (Å²) < 4.78 is 10.8. The molecule has 1 aromatic heterocycles. The van der Waals surface area contributed by atoms with Crippen LogP contribution in [0.5, 0.6) is 0 Å². The van der Waals surface area contributed by atoms with Crippen LogP contribution in [0.25, 0.3) is 10.6 Å². The smallest absolute Gasteiger partial charge is 0.123 e. The second-order valence-corrected chi connectivity index (χ2v) is 5.35. The Labute approximate surface area is 128 Å². The van der Waals surface area contributed by atoms with Gasteiger partial charge in [0.25, 0.3) is 0 Å². The fraction of sp³-hybridized carbons (Fsp3) is 0.400. The molecule has 0 radical (unpaired) electrons. The van der Waals surface area contributed by atoms with E-state index in [0.717, 1.165) is 28.4 Å². The molecule has 5 heteroatoms. The maximum Gasteiger partial charge on any atom is 0.123 e. The summed E-state index contributed by atoms with van der Waals surface area (Å²) in [6.07, 6.45) is 0. The van der Waals surface area contributed by atoms with Crippen molar-refractivity contribution in [3.63, 3.8) is 0 Å². The molecule has 0 saturated heterocycles. The number of alkyl halides is 1. The van der Waals surface area contributed by atoms with E-state index in [2.05, 4.69) is 23.2 Å². The van der Waals surface area contributed by atoms with E-state index in [1.807, 2.05) is 18.4 Å². The van der Waals surface area contributed by atoms with Crippen molar-refractivity contribution in [3.05, 3.63) is 40.9 Å². The maximum absolute atomic E-state index is 5.78. The molecule has 1 aromatic carbocycles. The Bertz CT molecular complexity index is 530. The van der Waals surface area contributed by atoms with Gasteiger partial charge in [0.2, 0.25) is 0 Å². The third kappa shape index (κ3) is 4.56. The van der Waals surface area contributed by atoms with Crippen molar-refractivity contribution in [3.8, 4) is 10.6 Å². The van der Waals surface area contributed by atoms with Crippen LogP contribution in [0, 0.1) is 0 Å². The topological polar surface area (TPSA) is 31.4 Å². The first-order valence-corrected chi connectivity index (χ1v) is 8.00. The largest absolute Gasteiger partial charge is 0.379 e. The lowest BCUT2D eigenvalue weighted by molar-refractivity contribution is 0.0453. The van der Waals surface area contributed by atoms with Crippen molar-refractivity contribution in [2.45, 2.75) is 19.4 Å². The first-order valence-electron chi connectivity index (χ1n) is 6.58. The van der Waals surface area contributed by atoms with Gasteiger partial charge in [0.05, 0.1) is 31.4 Å². The van der Waals surface area contributed by atoms with Gasteiger partial charge in [-0.1, -0.05) is 18.2 Å². The minimum atomic E-state index is 0.455. The van der Waals surface area contributed by atoms with Gasteiger partial charge in [-0.15, -0.1) is 22.9 Å². The number of rotatable bonds is 8. The Hall–Kier alpha value is -0.940. The normalized spacial score (nSPS) is 10.9. The van der Waals surface area contributed by atoms with Gasteiger partial charge in [-0.05, 0) is 18.6 Å². The zero-order valence-corrected chi connectivity index (χ0v) is 13.0. The molecule has 3 nitrogen and oxygen atoms in total. The van der Waals surface area contributed by atoms with Crippen molar-refractivity contribution in [2.75, 3.05) is 19.8 Å². The van der Waals surface area contributed by atoms with Crippen molar-refractivity contribution in [1.82, 2.24) is 4.98 Å². The van der Waals surface area contributed by atoms with E-state index in [1.54, 1.807) is 11.3 Å². The molecule has 0 aliphatic rings. The molecule has 2 rings (SSSR count). The van der Waals surface area contributed by atoms with Gasteiger partial charge in [-0.2, -0.15) is 0 Å². The average Bonchev–Trinajstić information content (AvgIpc) is 2.96. The van der Waals surface area contributed by atoms with Gasteiger partial charge in [0, 0.05) is 17.6 Å². The van der Waals surface area contributed by atoms with Gasteiger partial charge in [-0.3, -0.25) is 0 Å². The van der Waals surface area contributed by atoms with E-state index < -0.39 is 0 Å². The molecule has 20 heavy (non-hydrogen) atoms. The summed E-state index contributed by atoms with van der Waals surface area (Å²) in [6.45, 7) is 4.56. The third-order valence-corrected chi connectivity index (χ3v) is 3.92. The molecule has 0 N–H and O–H groups in total. The summed E-state index contributed by atoms with van der Waals surface area (Å²) in [7, 11) is 0. The fourth-order valence-electron chi connectivity index (χ4n) is 1.75. The molecule has 0 fully saturated rings. The maximum atomic E-state index is 5.78. The highest BCUT2D eigenvalue weighted by molar-refractivity contribution is 7.13. The zero-order chi connectivity index (χ0) is 14.2. The first-order chi connectivity index (χ1) is 9.83. The molecule has 0 aliphatic heterocycles. The first kappa shape index (κ1) is 15.4. The summed E-state index contributed by atoms with van der Waals surface area (Å²) in [5.41, 5.74) is 3.17. The monoisotopic (exact) mass is 311 g/mol. The number of benzene rings is 1. The van der Waals surface area contributed by atoms with Crippen LogP contribution in [-0.2, 0) is 22.0 Å². The van der Waals surface area contributed by atoms with E-state index in [4.69, 9.17) is 21.1 Å². The molecule has 2 aromatic rings. The molecule has 0 aliphatic carbocycles. The molecule has 108 valence electrons. The minimum absolute atomic E-state index is 0.455. The Morgan fingerprint density at radius 2 is 2.10 bits per heavy atom. The van der Waals surface area contributed by atoms with E-state index in [9.17, 15) is 0 Å². The summed E-state index contributed by atoms with van der Waals surface area (Å²) in [6, 6.07) is 8.25. The molecule has 0 bridgehead atoms. The number of ether oxygens (including phenoxy) is 2. The summed E-state index contributed by atoms with van der Waals surface area (Å²) in [5, 5.41) is 2.99. The van der Waals surface area contributed by atoms with Gasteiger partial charge in [0.1, 0.15) is 5.01 Å². The Balaban J connectivity index is 1.93. The standard InChI is InChI=1S/C15H18ClNO2S/c1-2-18-6-7-19-10-12-4-3-5-13(8-12)15-17-14(9-16)11-20-15/h3-5,8,11H,2,6-7,9-10H2,1H3. The lowest BCUT2D eigenvalue weighted by Gasteiger charge is -2.05. The summed E-state index contributed by atoms with van der Waals surface area (Å²) in [4.78, 5) is 4.49. The second-order valence-electron chi connectivity index (χ2n) is 4.23. The van der Waals surface area contributed by atoms with Gasteiger partial charge in [0.15, 0.2) is 0 Å². The lowest BCUT2D eigenvalue weighted by Crippen LogP contribution is -2.03. The van der Waals surface area contributed by atoms with Crippen LogP contribution in [-0.4, -0.2) is 24.8 Å². The van der Waals surface area contributed by atoms with Crippen LogP contribution >= 0.6 is 22.9 Å². The average molecular weight is 312 g/mol. The van der Waals surface area contributed by atoms with Gasteiger partial charge >= 0.3 is 0 Å². The molecular formula is C15H18ClNO2S. The lowest BCUT2D eigenvalue weighted by atomic mass is 10.1. The Kier molecular flexibility index (Phi) is 6.47. The minimum Gasteiger partial charge on any atom is -0.379 e. The van der Waals surface area contributed by atoms with Crippen molar-refractivity contribution in [2.24, 2.45) is 0 Å². The van der Waals surface area contributed by atoms with Crippen molar-refractivity contribution >= 4 is 22.9 Å². The predicted molar refractivity (Wildman–Crippen MR) is 83.3 cm³/mol. The van der Waals surface area contributed by atoms with Crippen molar-refractivity contribution in [1.29, 1.82) is 0 Å². The molecule has 0 amide bonds. The molecule has 0 atom stereocenters. The van der Waals surface area contributed by atoms with Crippen LogP contribution in [0.15, 0.2) is 29.6 Å². The summed E-state index contributed by atoms with van der Waals surface area (Å²) in [5.74, 6) is 0.455. The van der Waals surface area contributed by atoms with E-state index in [1.165, 1.54) is 0 Å². The quantitative estimate of drug-likeness (QED) is 0.543. The van der Waals surface area contributed by atoms with Crippen LogP contribution in [0.1, 0.15) is 18.2 Å². The highest BCUT2D eigenvalue weighted by atomic mass is 35.5. The third-order valence-electron chi connectivity index (χ3n) is 2.71. The Morgan fingerprint density at radius 3 is 2.85 bits per heavy atom. The number of hydrogen-bond acceptors (Lipinski definition) is 4. The van der Waals surface area contributed by atoms with Gasteiger partial charge in [-0.25, -0.2) is 4.98 Å². The molecule has 0 spiro atoms. The van der Waals surface area contributed by atoms with E-state index >= 15 is 0 Å². The van der Waals surface area contributed by atoms with Gasteiger partial charge < -0.3 is 9.47 Å². The van der Waals surface area contributed by atoms with Crippen LogP contribution in [0.3, 0.4) is 0 Å². The number of aromatic nitrogens is 1. The zero-order valence-electron chi connectivity index (χ0n) is 11.5. The number of nitrogens with zero attached hydrogens (tertiary/aromatic N) is 1. The SMILES string of the molecule is CCOCCOCc1cccc(-c2nc(CCl)cs2)c1. The van der Waals surface area contributed by atoms with Crippen LogP contribution in [0.4, 0.5) is 0 Å². The molecule has 0 saturated carbocycles. The predicted octanol–water partition coefficient (Wildman–Crippen LogP) is 4.10. The van der Waals surface area contributed by atoms with E-state index in [0.29, 0.717) is 25.7 Å². The van der Waals surface area contributed by atoms with Crippen molar-refractivity contribution < 1.29 is 9.47 Å². The molecule has 0 unspecified atom stereocenters.